The predicted molar refractivity (Wildman–Crippen MR) is 60.4 cm³/mol. The van der Waals surface area contributed by atoms with Crippen molar-refractivity contribution in [1.29, 1.82) is 0 Å². The summed E-state index contributed by atoms with van der Waals surface area (Å²) in [6, 6.07) is 7.33. The fourth-order valence-corrected chi connectivity index (χ4v) is 1.81. The molecule has 0 radical (unpaired) electrons. The minimum absolute atomic E-state index is 0.168. The maximum Gasteiger partial charge on any atom is 0.270 e. The molecule has 0 fully saturated rings. The van der Waals surface area contributed by atoms with Crippen molar-refractivity contribution in [3.63, 3.8) is 0 Å². The molecule has 0 bridgehead atoms. The van der Waals surface area contributed by atoms with E-state index < -0.39 is 0 Å². The van der Waals surface area contributed by atoms with Crippen molar-refractivity contribution in [3.05, 3.63) is 29.8 Å². The Balaban J connectivity index is 2.21. The summed E-state index contributed by atoms with van der Waals surface area (Å²) in [4.78, 5) is 12.8. The quantitative estimate of drug-likeness (QED) is 0.780. The van der Waals surface area contributed by atoms with E-state index in [1.54, 1.807) is 6.07 Å². The number of aromatic amines is 1. The van der Waals surface area contributed by atoms with E-state index in [0.29, 0.717) is 5.56 Å². The number of aromatic nitrogens is 4. The van der Waals surface area contributed by atoms with Crippen LogP contribution in [0.15, 0.2) is 29.2 Å². The number of tetrazole rings is 1. The zero-order valence-electron chi connectivity index (χ0n) is 8.47. The first-order valence-electron chi connectivity index (χ1n) is 4.49. The van der Waals surface area contributed by atoms with Gasteiger partial charge in [0.05, 0.1) is 5.56 Å². The standard InChI is InChI=1S/C9H9N5OS/c1-16-7-5-3-2-4-6(7)8(15)10-9-11-13-14-12-9/h2-5H,1H3,(H2,10,11,12,13,14,15). The van der Waals surface area contributed by atoms with Crippen molar-refractivity contribution in [2.45, 2.75) is 4.90 Å². The van der Waals surface area contributed by atoms with E-state index in [9.17, 15) is 4.79 Å². The number of hydrogen-bond donors (Lipinski definition) is 2. The Morgan fingerprint density at radius 1 is 1.44 bits per heavy atom. The predicted octanol–water partition coefficient (Wildman–Crippen LogP) is 1.17. The first-order valence-corrected chi connectivity index (χ1v) is 5.71. The number of carbonyl (C=O) groups excluding carboxylic acids is 1. The highest BCUT2D eigenvalue weighted by Gasteiger charge is 2.11. The monoisotopic (exact) mass is 235 g/mol. The van der Waals surface area contributed by atoms with Gasteiger partial charge in [-0.25, -0.2) is 0 Å². The van der Waals surface area contributed by atoms with E-state index in [1.807, 2.05) is 24.5 Å². The highest BCUT2D eigenvalue weighted by molar-refractivity contribution is 7.98. The molecule has 0 unspecified atom stereocenters. The average Bonchev–Trinajstić information content (AvgIpc) is 2.81. The fourth-order valence-electron chi connectivity index (χ4n) is 1.22. The topological polar surface area (TPSA) is 83.6 Å². The Morgan fingerprint density at radius 3 is 2.94 bits per heavy atom. The molecule has 2 N–H and O–H groups in total. The lowest BCUT2D eigenvalue weighted by Crippen LogP contribution is -2.13. The van der Waals surface area contributed by atoms with Gasteiger partial charge >= 0.3 is 0 Å². The molecule has 2 rings (SSSR count). The number of hydrogen-bond acceptors (Lipinski definition) is 5. The second-order valence-electron chi connectivity index (χ2n) is 2.89. The van der Waals surface area contributed by atoms with Crippen LogP contribution in [-0.2, 0) is 0 Å². The molecule has 0 aliphatic heterocycles. The van der Waals surface area contributed by atoms with Crippen LogP contribution in [0.3, 0.4) is 0 Å². The summed E-state index contributed by atoms with van der Waals surface area (Å²) in [6.07, 6.45) is 1.92. The molecule has 1 aromatic heterocycles. The molecular weight excluding hydrogens is 226 g/mol. The second-order valence-corrected chi connectivity index (χ2v) is 3.74. The Hall–Kier alpha value is -1.89. The van der Waals surface area contributed by atoms with Crippen LogP contribution in [0.25, 0.3) is 0 Å². The lowest BCUT2D eigenvalue weighted by Gasteiger charge is -2.05. The molecule has 0 saturated carbocycles. The van der Waals surface area contributed by atoms with E-state index in [-0.39, 0.29) is 11.9 Å². The fraction of sp³-hybridized carbons (Fsp3) is 0.111. The third kappa shape index (κ3) is 2.19. The molecular formula is C9H9N5OS. The Morgan fingerprint density at radius 2 is 2.25 bits per heavy atom. The van der Waals surface area contributed by atoms with Gasteiger partial charge in [-0.3, -0.25) is 10.1 Å². The first-order chi connectivity index (χ1) is 7.81. The number of H-pyrrole nitrogens is 1. The van der Waals surface area contributed by atoms with E-state index in [1.165, 1.54) is 11.8 Å². The van der Waals surface area contributed by atoms with Gasteiger partial charge in [-0.1, -0.05) is 17.2 Å². The van der Waals surface area contributed by atoms with E-state index in [4.69, 9.17) is 0 Å². The molecule has 0 aliphatic rings. The van der Waals surface area contributed by atoms with Gasteiger partial charge in [-0.15, -0.1) is 16.9 Å². The summed E-state index contributed by atoms with van der Waals surface area (Å²) in [5, 5.41) is 15.5. The molecule has 2 aromatic rings. The van der Waals surface area contributed by atoms with E-state index in [0.717, 1.165) is 4.90 Å². The molecule has 0 atom stereocenters. The lowest BCUT2D eigenvalue weighted by atomic mass is 10.2. The van der Waals surface area contributed by atoms with Crippen LogP contribution in [-0.4, -0.2) is 32.8 Å². The summed E-state index contributed by atoms with van der Waals surface area (Å²) in [5.41, 5.74) is 0.597. The minimum atomic E-state index is -0.244. The Labute approximate surface area is 95.8 Å². The minimum Gasteiger partial charge on any atom is -0.288 e. The van der Waals surface area contributed by atoms with Crippen LogP contribution in [0.2, 0.25) is 0 Å². The van der Waals surface area contributed by atoms with Crippen molar-refractivity contribution in [1.82, 2.24) is 20.6 Å². The normalized spacial score (nSPS) is 10.1. The van der Waals surface area contributed by atoms with Crippen LogP contribution in [0, 0.1) is 0 Å². The van der Waals surface area contributed by atoms with Crippen molar-refractivity contribution >= 4 is 23.6 Å². The van der Waals surface area contributed by atoms with Crippen LogP contribution >= 0.6 is 11.8 Å². The van der Waals surface area contributed by atoms with Crippen LogP contribution in [0.5, 0.6) is 0 Å². The van der Waals surface area contributed by atoms with Gasteiger partial charge in [0.2, 0.25) is 0 Å². The van der Waals surface area contributed by atoms with Crippen molar-refractivity contribution in [3.8, 4) is 0 Å². The Bertz CT molecular complexity index is 484. The maximum absolute atomic E-state index is 11.8. The third-order valence-corrected chi connectivity index (χ3v) is 2.72. The highest BCUT2D eigenvalue weighted by atomic mass is 32.2. The summed E-state index contributed by atoms with van der Waals surface area (Å²) >= 11 is 1.51. The van der Waals surface area contributed by atoms with E-state index >= 15 is 0 Å². The number of anilines is 1. The van der Waals surface area contributed by atoms with Gasteiger partial charge in [0.1, 0.15) is 0 Å². The summed E-state index contributed by atoms with van der Waals surface area (Å²) in [5.74, 6) is -0.0766. The third-order valence-electron chi connectivity index (χ3n) is 1.92. The summed E-state index contributed by atoms with van der Waals surface area (Å²) in [6.45, 7) is 0. The SMILES string of the molecule is CSc1ccccc1C(=O)Nc1nn[nH]n1. The van der Waals surface area contributed by atoms with Crippen molar-refractivity contribution in [2.24, 2.45) is 0 Å². The van der Waals surface area contributed by atoms with Gasteiger partial charge < -0.3 is 0 Å². The van der Waals surface area contributed by atoms with Crippen molar-refractivity contribution < 1.29 is 4.79 Å². The second kappa shape index (κ2) is 4.75. The zero-order valence-corrected chi connectivity index (χ0v) is 9.28. The highest BCUT2D eigenvalue weighted by Crippen LogP contribution is 2.20. The molecule has 82 valence electrons. The maximum atomic E-state index is 11.8. The van der Waals surface area contributed by atoms with Crippen LogP contribution in [0.1, 0.15) is 10.4 Å². The molecule has 1 amide bonds. The largest absolute Gasteiger partial charge is 0.288 e. The first kappa shape index (κ1) is 10.6. The molecule has 7 heteroatoms. The smallest absolute Gasteiger partial charge is 0.270 e. The van der Waals surface area contributed by atoms with Crippen LogP contribution < -0.4 is 5.32 Å². The van der Waals surface area contributed by atoms with Gasteiger partial charge in [-0.2, -0.15) is 5.21 Å². The van der Waals surface area contributed by atoms with Crippen molar-refractivity contribution in [2.75, 3.05) is 11.6 Å². The lowest BCUT2D eigenvalue weighted by molar-refractivity contribution is 0.102. The zero-order chi connectivity index (χ0) is 11.4. The number of benzene rings is 1. The molecule has 0 aliphatic carbocycles. The number of rotatable bonds is 3. The average molecular weight is 235 g/mol. The van der Waals surface area contributed by atoms with Gasteiger partial charge in [-0.05, 0) is 23.6 Å². The number of amides is 1. The van der Waals surface area contributed by atoms with E-state index in [2.05, 4.69) is 25.9 Å². The Kier molecular flexibility index (Phi) is 3.16. The van der Waals surface area contributed by atoms with Gasteiger partial charge in [0.15, 0.2) is 0 Å². The number of nitrogens with one attached hydrogen (secondary N) is 2. The number of nitrogens with zero attached hydrogens (tertiary/aromatic N) is 3. The van der Waals surface area contributed by atoms with Gasteiger partial charge in [0.25, 0.3) is 11.9 Å². The molecule has 6 nitrogen and oxygen atoms in total. The summed E-state index contributed by atoms with van der Waals surface area (Å²) in [7, 11) is 0. The van der Waals surface area contributed by atoms with Crippen LogP contribution in [0.4, 0.5) is 5.95 Å². The molecule has 1 aromatic carbocycles. The molecule has 1 heterocycles. The molecule has 16 heavy (non-hydrogen) atoms. The molecule has 0 spiro atoms. The number of thioether (sulfide) groups is 1. The summed E-state index contributed by atoms with van der Waals surface area (Å²) < 4.78 is 0. The number of carbonyl (C=O) groups is 1. The van der Waals surface area contributed by atoms with Gasteiger partial charge in [0, 0.05) is 4.90 Å². The molecule has 0 saturated heterocycles.